The standard InChI is InChI=1S/C18H25N3O2/c1-11-7-5-6-8-15(11)17(22)10-19-18(23)12(2)9-16-13(3)20-21-14(16)4/h5-8,12,17,22H,9-10H2,1-4H3,(H,19,23)(H,20,21)/t12-,17+/m1/s1. The van der Waals surface area contributed by atoms with Gasteiger partial charge in [0.2, 0.25) is 5.91 Å². The highest BCUT2D eigenvalue weighted by Gasteiger charge is 2.18. The van der Waals surface area contributed by atoms with E-state index >= 15 is 0 Å². The number of nitrogens with one attached hydrogen (secondary N) is 2. The Morgan fingerprint density at radius 3 is 2.61 bits per heavy atom. The highest BCUT2D eigenvalue weighted by atomic mass is 16.3. The van der Waals surface area contributed by atoms with Crippen molar-refractivity contribution in [2.45, 2.75) is 40.2 Å². The number of carbonyl (C=O) groups is 1. The third-order valence-corrected chi connectivity index (χ3v) is 4.26. The Bertz CT molecular complexity index is 659. The van der Waals surface area contributed by atoms with E-state index in [4.69, 9.17) is 0 Å². The fourth-order valence-corrected chi connectivity index (χ4v) is 2.72. The molecule has 0 aliphatic heterocycles. The molecule has 0 spiro atoms. The Morgan fingerprint density at radius 2 is 2.00 bits per heavy atom. The number of hydrogen-bond acceptors (Lipinski definition) is 3. The summed E-state index contributed by atoms with van der Waals surface area (Å²) in [5.74, 6) is -0.230. The maximum atomic E-state index is 12.3. The Labute approximate surface area is 137 Å². The smallest absolute Gasteiger partial charge is 0.223 e. The summed E-state index contributed by atoms with van der Waals surface area (Å²) in [6.45, 7) is 7.96. The van der Waals surface area contributed by atoms with E-state index in [0.717, 1.165) is 28.1 Å². The van der Waals surface area contributed by atoms with E-state index in [2.05, 4.69) is 15.5 Å². The van der Waals surface area contributed by atoms with Crippen molar-refractivity contribution in [3.8, 4) is 0 Å². The molecule has 2 rings (SSSR count). The average Bonchev–Trinajstić information content (AvgIpc) is 2.84. The minimum Gasteiger partial charge on any atom is -0.387 e. The summed E-state index contributed by atoms with van der Waals surface area (Å²) in [7, 11) is 0. The number of aliphatic hydroxyl groups excluding tert-OH is 1. The van der Waals surface area contributed by atoms with Gasteiger partial charge < -0.3 is 10.4 Å². The molecule has 1 heterocycles. The monoisotopic (exact) mass is 315 g/mol. The Morgan fingerprint density at radius 1 is 1.30 bits per heavy atom. The number of amides is 1. The number of nitrogens with zero attached hydrogens (tertiary/aromatic N) is 1. The second kappa shape index (κ2) is 7.42. The van der Waals surface area contributed by atoms with Crippen molar-refractivity contribution in [3.05, 3.63) is 52.3 Å². The van der Waals surface area contributed by atoms with Gasteiger partial charge in [-0.3, -0.25) is 9.89 Å². The molecule has 0 bridgehead atoms. The van der Waals surface area contributed by atoms with Crippen LogP contribution in [0.15, 0.2) is 24.3 Å². The quantitative estimate of drug-likeness (QED) is 0.766. The number of carbonyl (C=O) groups excluding carboxylic acids is 1. The molecule has 124 valence electrons. The molecule has 5 nitrogen and oxygen atoms in total. The van der Waals surface area contributed by atoms with Gasteiger partial charge >= 0.3 is 0 Å². The van der Waals surface area contributed by atoms with Crippen LogP contribution >= 0.6 is 0 Å². The van der Waals surface area contributed by atoms with E-state index in [1.165, 1.54) is 0 Å². The zero-order valence-corrected chi connectivity index (χ0v) is 14.2. The Kier molecular flexibility index (Phi) is 5.55. The number of aliphatic hydroxyl groups is 1. The van der Waals surface area contributed by atoms with Gasteiger partial charge in [-0.15, -0.1) is 0 Å². The van der Waals surface area contributed by atoms with Crippen molar-refractivity contribution in [1.82, 2.24) is 15.5 Å². The van der Waals surface area contributed by atoms with E-state index in [9.17, 15) is 9.90 Å². The van der Waals surface area contributed by atoms with Gasteiger partial charge in [0, 0.05) is 18.2 Å². The van der Waals surface area contributed by atoms with Crippen molar-refractivity contribution < 1.29 is 9.90 Å². The van der Waals surface area contributed by atoms with Gasteiger partial charge in [-0.05, 0) is 43.9 Å². The minimum atomic E-state index is -0.690. The zero-order valence-electron chi connectivity index (χ0n) is 14.2. The molecule has 2 atom stereocenters. The maximum Gasteiger partial charge on any atom is 0.223 e. The second-order valence-corrected chi connectivity index (χ2v) is 6.14. The fourth-order valence-electron chi connectivity index (χ4n) is 2.72. The van der Waals surface area contributed by atoms with Gasteiger partial charge in [-0.25, -0.2) is 0 Å². The molecule has 1 aromatic heterocycles. The highest BCUT2D eigenvalue weighted by Crippen LogP contribution is 2.18. The Balaban J connectivity index is 1.90. The predicted octanol–water partition coefficient (Wildman–Crippen LogP) is 2.36. The molecular formula is C18H25N3O2. The maximum absolute atomic E-state index is 12.3. The average molecular weight is 315 g/mol. The van der Waals surface area contributed by atoms with E-state index in [-0.39, 0.29) is 18.4 Å². The lowest BCUT2D eigenvalue weighted by atomic mass is 9.98. The molecule has 0 unspecified atom stereocenters. The predicted molar refractivity (Wildman–Crippen MR) is 90.1 cm³/mol. The largest absolute Gasteiger partial charge is 0.387 e. The van der Waals surface area contributed by atoms with Crippen LogP contribution in [0, 0.1) is 26.7 Å². The molecule has 1 amide bonds. The fraction of sp³-hybridized carbons (Fsp3) is 0.444. The number of aryl methyl sites for hydroxylation is 3. The number of aromatic nitrogens is 2. The summed E-state index contributed by atoms with van der Waals surface area (Å²) in [5, 5.41) is 20.2. The molecule has 0 radical (unpaired) electrons. The van der Waals surface area contributed by atoms with E-state index in [0.29, 0.717) is 6.42 Å². The molecule has 0 saturated heterocycles. The number of rotatable bonds is 6. The van der Waals surface area contributed by atoms with Crippen LogP contribution in [-0.4, -0.2) is 27.8 Å². The van der Waals surface area contributed by atoms with Gasteiger partial charge in [0.15, 0.2) is 0 Å². The first-order valence-corrected chi connectivity index (χ1v) is 7.92. The first-order valence-electron chi connectivity index (χ1n) is 7.92. The molecular weight excluding hydrogens is 290 g/mol. The van der Waals surface area contributed by atoms with Gasteiger partial charge in [0.25, 0.3) is 0 Å². The molecule has 0 aliphatic carbocycles. The SMILES string of the molecule is Cc1ccccc1[C@@H](O)CNC(=O)[C@H](C)Cc1c(C)n[nH]c1C. The number of hydrogen-bond donors (Lipinski definition) is 3. The third-order valence-electron chi connectivity index (χ3n) is 4.26. The van der Waals surface area contributed by atoms with Gasteiger partial charge in [-0.2, -0.15) is 5.10 Å². The molecule has 0 aliphatic rings. The summed E-state index contributed by atoms with van der Waals surface area (Å²) in [6.07, 6.45) is -0.0507. The summed E-state index contributed by atoms with van der Waals surface area (Å²) in [5.41, 5.74) is 4.89. The van der Waals surface area contributed by atoms with Crippen molar-refractivity contribution in [3.63, 3.8) is 0 Å². The van der Waals surface area contributed by atoms with Crippen LogP contribution in [0.5, 0.6) is 0 Å². The van der Waals surface area contributed by atoms with E-state index in [1.807, 2.05) is 52.0 Å². The lowest BCUT2D eigenvalue weighted by Crippen LogP contribution is -2.33. The van der Waals surface area contributed by atoms with Gasteiger partial charge in [0.05, 0.1) is 11.8 Å². The van der Waals surface area contributed by atoms with Crippen molar-refractivity contribution >= 4 is 5.91 Å². The van der Waals surface area contributed by atoms with E-state index in [1.54, 1.807) is 0 Å². The number of aromatic amines is 1. The van der Waals surface area contributed by atoms with Crippen LogP contribution in [0.25, 0.3) is 0 Å². The number of benzene rings is 1. The lowest BCUT2D eigenvalue weighted by Gasteiger charge is -2.17. The van der Waals surface area contributed by atoms with Crippen LogP contribution in [0.3, 0.4) is 0 Å². The van der Waals surface area contributed by atoms with Crippen LogP contribution < -0.4 is 5.32 Å². The van der Waals surface area contributed by atoms with E-state index < -0.39 is 6.10 Å². The van der Waals surface area contributed by atoms with Crippen molar-refractivity contribution in [2.24, 2.45) is 5.92 Å². The molecule has 23 heavy (non-hydrogen) atoms. The molecule has 5 heteroatoms. The molecule has 0 fully saturated rings. The minimum absolute atomic E-state index is 0.0577. The van der Waals surface area contributed by atoms with Crippen LogP contribution in [0.2, 0.25) is 0 Å². The van der Waals surface area contributed by atoms with Gasteiger partial charge in [-0.1, -0.05) is 31.2 Å². The summed E-state index contributed by atoms with van der Waals surface area (Å²) >= 11 is 0. The molecule has 2 aromatic rings. The van der Waals surface area contributed by atoms with Gasteiger partial charge in [0.1, 0.15) is 0 Å². The van der Waals surface area contributed by atoms with Crippen LogP contribution in [-0.2, 0) is 11.2 Å². The first-order chi connectivity index (χ1) is 10.9. The first kappa shape index (κ1) is 17.2. The van der Waals surface area contributed by atoms with Crippen LogP contribution in [0.4, 0.5) is 0 Å². The summed E-state index contributed by atoms with van der Waals surface area (Å²) in [4.78, 5) is 12.3. The Hall–Kier alpha value is -2.14. The van der Waals surface area contributed by atoms with Crippen molar-refractivity contribution in [2.75, 3.05) is 6.54 Å². The summed E-state index contributed by atoms with van der Waals surface area (Å²) in [6, 6.07) is 7.66. The highest BCUT2D eigenvalue weighted by molar-refractivity contribution is 5.78. The summed E-state index contributed by atoms with van der Waals surface area (Å²) < 4.78 is 0. The number of H-pyrrole nitrogens is 1. The molecule has 1 aromatic carbocycles. The second-order valence-electron chi connectivity index (χ2n) is 6.14. The lowest BCUT2D eigenvalue weighted by molar-refractivity contribution is -0.124. The zero-order chi connectivity index (χ0) is 17.0. The normalized spacial score (nSPS) is 13.6. The molecule has 0 saturated carbocycles. The third kappa shape index (κ3) is 4.20. The molecule has 3 N–H and O–H groups in total. The van der Waals surface area contributed by atoms with Crippen molar-refractivity contribution in [1.29, 1.82) is 0 Å². The van der Waals surface area contributed by atoms with Crippen LogP contribution in [0.1, 0.15) is 41.1 Å². The topological polar surface area (TPSA) is 78.0 Å².